The van der Waals surface area contributed by atoms with Crippen molar-refractivity contribution in [2.75, 3.05) is 19.6 Å². The number of hydrogen-bond donors (Lipinski definition) is 0. The van der Waals surface area contributed by atoms with Gasteiger partial charge in [0.05, 0.1) is 6.54 Å². The lowest BCUT2D eigenvalue weighted by atomic mass is 10.1. The van der Waals surface area contributed by atoms with Crippen molar-refractivity contribution >= 4 is 17.4 Å². The van der Waals surface area contributed by atoms with Gasteiger partial charge in [-0.15, -0.1) is 0 Å². The number of Topliss-reactive ketones (excluding diaryl/α,β-unsaturated/α-hetero) is 1. The van der Waals surface area contributed by atoms with Gasteiger partial charge in [0.1, 0.15) is 0 Å². The highest BCUT2D eigenvalue weighted by Crippen LogP contribution is 2.13. The molecule has 3 heteroatoms. The van der Waals surface area contributed by atoms with Gasteiger partial charge in [-0.05, 0) is 31.6 Å². The van der Waals surface area contributed by atoms with Crippen LogP contribution >= 0.6 is 11.6 Å². The minimum atomic E-state index is 0.159. The van der Waals surface area contributed by atoms with Crippen LogP contribution in [0.3, 0.4) is 0 Å². The first kappa shape index (κ1) is 9.69. The van der Waals surface area contributed by atoms with E-state index in [2.05, 4.69) is 4.90 Å². The van der Waals surface area contributed by atoms with Crippen molar-refractivity contribution in [2.45, 2.75) is 6.42 Å². The Balaban J connectivity index is 2.02. The van der Waals surface area contributed by atoms with Crippen LogP contribution in [-0.4, -0.2) is 30.3 Å². The van der Waals surface area contributed by atoms with E-state index >= 15 is 0 Å². The van der Waals surface area contributed by atoms with Crippen LogP contribution in [0.1, 0.15) is 16.8 Å². The van der Waals surface area contributed by atoms with Gasteiger partial charge in [-0.25, -0.2) is 0 Å². The summed E-state index contributed by atoms with van der Waals surface area (Å²) in [6, 6.07) is 7.13. The molecule has 0 saturated carbocycles. The maximum atomic E-state index is 11.7. The van der Waals surface area contributed by atoms with Crippen LogP contribution < -0.4 is 0 Å². The minimum Gasteiger partial charge on any atom is -0.296 e. The van der Waals surface area contributed by atoms with Gasteiger partial charge in [0.2, 0.25) is 0 Å². The molecule has 1 aromatic rings. The molecule has 1 aliphatic rings. The van der Waals surface area contributed by atoms with Crippen LogP contribution in [-0.2, 0) is 0 Å². The van der Waals surface area contributed by atoms with Gasteiger partial charge in [-0.1, -0.05) is 23.7 Å². The molecular formula is C11H12ClNO. The number of carbonyl (C=O) groups excluding carboxylic acids is 1. The molecule has 1 aliphatic heterocycles. The monoisotopic (exact) mass is 209 g/mol. The predicted octanol–water partition coefficient (Wildman–Crippen LogP) is 2.23. The first-order chi connectivity index (χ1) is 6.75. The summed E-state index contributed by atoms with van der Waals surface area (Å²) in [7, 11) is 0. The van der Waals surface area contributed by atoms with E-state index in [-0.39, 0.29) is 5.78 Å². The topological polar surface area (TPSA) is 20.3 Å². The van der Waals surface area contributed by atoms with Gasteiger partial charge in [0, 0.05) is 10.6 Å². The first-order valence-electron chi connectivity index (χ1n) is 4.77. The molecule has 1 fully saturated rings. The fraction of sp³-hybridized carbons (Fsp3) is 0.364. The first-order valence-corrected chi connectivity index (χ1v) is 5.14. The van der Waals surface area contributed by atoms with Crippen molar-refractivity contribution in [3.8, 4) is 0 Å². The van der Waals surface area contributed by atoms with E-state index in [0.29, 0.717) is 17.1 Å². The molecule has 0 N–H and O–H groups in total. The number of likely N-dealkylation sites (tertiary alicyclic amines) is 1. The molecule has 1 saturated heterocycles. The summed E-state index contributed by atoms with van der Waals surface area (Å²) in [6.07, 6.45) is 1.21. The van der Waals surface area contributed by atoms with Crippen molar-refractivity contribution in [3.63, 3.8) is 0 Å². The van der Waals surface area contributed by atoms with E-state index < -0.39 is 0 Å². The van der Waals surface area contributed by atoms with E-state index in [4.69, 9.17) is 11.6 Å². The highest BCUT2D eigenvalue weighted by atomic mass is 35.5. The third-order valence-corrected chi connectivity index (χ3v) is 2.70. The number of benzene rings is 1. The Morgan fingerprint density at radius 3 is 2.79 bits per heavy atom. The highest BCUT2D eigenvalue weighted by Gasteiger charge is 2.17. The summed E-state index contributed by atoms with van der Waals surface area (Å²) in [5.74, 6) is 0.159. The van der Waals surface area contributed by atoms with Gasteiger partial charge in [0.15, 0.2) is 5.78 Å². The molecule has 0 spiro atoms. The van der Waals surface area contributed by atoms with Gasteiger partial charge in [-0.3, -0.25) is 9.69 Å². The van der Waals surface area contributed by atoms with Crippen molar-refractivity contribution in [1.29, 1.82) is 0 Å². The Bertz CT molecular complexity index is 347. The smallest absolute Gasteiger partial charge is 0.176 e. The lowest BCUT2D eigenvalue weighted by Crippen LogP contribution is -2.40. The minimum absolute atomic E-state index is 0.159. The second kappa shape index (κ2) is 4.11. The van der Waals surface area contributed by atoms with Crippen molar-refractivity contribution in [1.82, 2.24) is 4.90 Å². The Kier molecular flexibility index (Phi) is 2.85. The summed E-state index contributed by atoms with van der Waals surface area (Å²) < 4.78 is 0. The van der Waals surface area contributed by atoms with Crippen molar-refractivity contribution < 1.29 is 4.79 Å². The molecule has 1 aromatic carbocycles. The number of rotatable bonds is 3. The zero-order valence-corrected chi connectivity index (χ0v) is 8.63. The Hall–Kier alpha value is -0.860. The summed E-state index contributed by atoms with van der Waals surface area (Å²) in [4.78, 5) is 13.8. The number of hydrogen-bond acceptors (Lipinski definition) is 2. The van der Waals surface area contributed by atoms with E-state index in [1.165, 1.54) is 6.42 Å². The second-order valence-electron chi connectivity index (χ2n) is 3.56. The molecule has 1 heterocycles. The Morgan fingerprint density at radius 1 is 1.43 bits per heavy atom. The average Bonchev–Trinajstić information content (AvgIpc) is 2.11. The van der Waals surface area contributed by atoms with E-state index in [9.17, 15) is 4.79 Å². The Labute approximate surface area is 88.5 Å². The number of carbonyl (C=O) groups is 1. The molecule has 14 heavy (non-hydrogen) atoms. The summed E-state index contributed by atoms with van der Waals surface area (Å²) in [6.45, 7) is 2.62. The SMILES string of the molecule is O=C(CN1CCC1)c1cccc(Cl)c1. The quantitative estimate of drug-likeness (QED) is 0.712. The largest absolute Gasteiger partial charge is 0.296 e. The van der Waals surface area contributed by atoms with Crippen LogP contribution in [0.25, 0.3) is 0 Å². The third kappa shape index (κ3) is 2.14. The number of ketones is 1. The lowest BCUT2D eigenvalue weighted by Gasteiger charge is -2.29. The molecule has 74 valence electrons. The zero-order chi connectivity index (χ0) is 9.97. The molecule has 0 bridgehead atoms. The molecule has 0 aromatic heterocycles. The van der Waals surface area contributed by atoms with Crippen LogP contribution in [0.4, 0.5) is 0 Å². The molecule has 0 atom stereocenters. The maximum Gasteiger partial charge on any atom is 0.176 e. The van der Waals surface area contributed by atoms with Crippen LogP contribution in [0.5, 0.6) is 0 Å². The molecular weight excluding hydrogens is 198 g/mol. The van der Waals surface area contributed by atoms with Crippen LogP contribution in [0.2, 0.25) is 5.02 Å². The lowest BCUT2D eigenvalue weighted by molar-refractivity contribution is 0.0875. The molecule has 0 unspecified atom stereocenters. The molecule has 0 aliphatic carbocycles. The van der Waals surface area contributed by atoms with Gasteiger partial charge < -0.3 is 0 Å². The normalized spacial score (nSPS) is 16.4. The molecule has 2 nitrogen and oxygen atoms in total. The van der Waals surface area contributed by atoms with E-state index in [1.807, 2.05) is 12.1 Å². The number of nitrogens with zero attached hydrogens (tertiary/aromatic N) is 1. The van der Waals surface area contributed by atoms with Gasteiger partial charge in [0.25, 0.3) is 0 Å². The van der Waals surface area contributed by atoms with Gasteiger partial charge in [-0.2, -0.15) is 0 Å². The maximum absolute atomic E-state index is 11.7. The Morgan fingerprint density at radius 2 is 2.21 bits per heavy atom. The summed E-state index contributed by atoms with van der Waals surface area (Å²) in [5, 5.41) is 0.624. The van der Waals surface area contributed by atoms with Crippen LogP contribution in [0.15, 0.2) is 24.3 Å². The molecule has 0 radical (unpaired) electrons. The van der Waals surface area contributed by atoms with E-state index in [0.717, 1.165) is 13.1 Å². The van der Waals surface area contributed by atoms with Crippen molar-refractivity contribution in [3.05, 3.63) is 34.9 Å². The highest BCUT2D eigenvalue weighted by molar-refractivity contribution is 6.31. The van der Waals surface area contributed by atoms with Crippen molar-refractivity contribution in [2.24, 2.45) is 0 Å². The fourth-order valence-corrected chi connectivity index (χ4v) is 1.69. The van der Waals surface area contributed by atoms with Crippen LogP contribution in [0, 0.1) is 0 Å². The fourth-order valence-electron chi connectivity index (χ4n) is 1.50. The van der Waals surface area contributed by atoms with E-state index in [1.54, 1.807) is 12.1 Å². The second-order valence-corrected chi connectivity index (χ2v) is 4.00. The summed E-state index contributed by atoms with van der Waals surface area (Å²) in [5.41, 5.74) is 0.712. The molecule has 2 rings (SSSR count). The average molecular weight is 210 g/mol. The number of halogens is 1. The predicted molar refractivity (Wildman–Crippen MR) is 56.8 cm³/mol. The molecule has 0 amide bonds. The third-order valence-electron chi connectivity index (χ3n) is 2.46. The van der Waals surface area contributed by atoms with Gasteiger partial charge >= 0.3 is 0 Å². The standard InChI is InChI=1S/C11H12ClNO/c12-10-4-1-3-9(7-10)11(14)8-13-5-2-6-13/h1,3-4,7H,2,5-6,8H2. The zero-order valence-electron chi connectivity index (χ0n) is 7.87. The summed E-state index contributed by atoms with van der Waals surface area (Å²) >= 11 is 5.81.